The molecule has 0 N–H and O–H groups in total. The second kappa shape index (κ2) is 8.43. The largest absolute Gasteiger partial charge is 0.122 e. The van der Waals surface area contributed by atoms with Gasteiger partial charge in [-0.3, -0.25) is 0 Å². The van der Waals surface area contributed by atoms with Crippen molar-refractivity contribution in [2.75, 3.05) is 12.3 Å². The molecule has 0 radical (unpaired) electrons. The zero-order valence-corrected chi connectivity index (χ0v) is 7.74. The van der Waals surface area contributed by atoms with E-state index in [9.17, 15) is 0 Å². The Morgan fingerprint density at radius 3 is 2.22 bits per heavy atom. The van der Waals surface area contributed by atoms with E-state index in [0.29, 0.717) is 0 Å². The van der Waals surface area contributed by atoms with Crippen molar-refractivity contribution in [3.05, 3.63) is 0 Å². The molecular weight excluding hydrogens is 127 g/mol. The van der Waals surface area contributed by atoms with E-state index in [0.717, 1.165) is 0 Å². The van der Waals surface area contributed by atoms with Crippen LogP contribution in [0.4, 0.5) is 0 Å². The molecule has 9 heavy (non-hydrogen) atoms. The lowest BCUT2D eigenvalue weighted by Gasteiger charge is -1.96. The van der Waals surface area contributed by atoms with E-state index in [2.05, 4.69) is 13.8 Å². The first-order chi connectivity index (χ1) is 4.41. The van der Waals surface area contributed by atoms with Crippen LogP contribution in [-0.2, 0) is 0 Å². The first-order valence-corrected chi connectivity index (χ1v) is 5.54. The van der Waals surface area contributed by atoms with Crippen LogP contribution in [0, 0.1) is 0 Å². The maximum absolute atomic E-state index is 2.27. The van der Waals surface area contributed by atoms with Crippen LogP contribution in [0.3, 0.4) is 0 Å². The van der Waals surface area contributed by atoms with Crippen molar-refractivity contribution in [1.82, 2.24) is 0 Å². The molecule has 0 nitrogen and oxygen atoms in total. The van der Waals surface area contributed by atoms with Crippen molar-refractivity contribution >= 4 is 8.58 Å². The van der Waals surface area contributed by atoms with Gasteiger partial charge in [0, 0.05) is 0 Å². The summed E-state index contributed by atoms with van der Waals surface area (Å²) in [6, 6.07) is 0. The van der Waals surface area contributed by atoms with E-state index in [4.69, 9.17) is 0 Å². The molecular formula is C8H19P. The third-order valence-corrected chi connectivity index (χ3v) is 2.94. The van der Waals surface area contributed by atoms with Gasteiger partial charge in [-0.25, -0.2) is 0 Å². The van der Waals surface area contributed by atoms with Crippen molar-refractivity contribution in [1.29, 1.82) is 0 Å². The monoisotopic (exact) mass is 146 g/mol. The second-order valence-corrected chi connectivity index (χ2v) is 3.96. The lowest BCUT2D eigenvalue weighted by molar-refractivity contribution is 0.776. The number of rotatable bonds is 6. The highest BCUT2D eigenvalue weighted by atomic mass is 31.1. The van der Waals surface area contributed by atoms with Crippen molar-refractivity contribution in [2.24, 2.45) is 0 Å². The van der Waals surface area contributed by atoms with Gasteiger partial charge in [-0.1, -0.05) is 33.1 Å². The first-order valence-electron chi connectivity index (χ1n) is 4.12. The summed E-state index contributed by atoms with van der Waals surface area (Å²) in [6.07, 6.45) is 8.61. The standard InChI is InChI=1S/C8H19P/c1-3-5-6-8-9-7-4-2/h9H,3-8H2,1-2H3. The van der Waals surface area contributed by atoms with Crippen LogP contribution in [-0.4, -0.2) is 12.3 Å². The van der Waals surface area contributed by atoms with Crippen molar-refractivity contribution in [3.63, 3.8) is 0 Å². The van der Waals surface area contributed by atoms with Gasteiger partial charge in [0.05, 0.1) is 0 Å². The highest BCUT2D eigenvalue weighted by Gasteiger charge is 1.85. The molecule has 0 heterocycles. The predicted molar refractivity (Wildman–Crippen MR) is 47.9 cm³/mol. The van der Waals surface area contributed by atoms with Crippen LogP contribution < -0.4 is 0 Å². The minimum Gasteiger partial charge on any atom is -0.122 e. The average Bonchev–Trinajstić information content (AvgIpc) is 1.89. The van der Waals surface area contributed by atoms with E-state index in [1.807, 2.05) is 0 Å². The Bertz CT molecular complexity index is 37.8. The van der Waals surface area contributed by atoms with Gasteiger partial charge < -0.3 is 0 Å². The molecule has 0 amide bonds. The van der Waals surface area contributed by atoms with Crippen molar-refractivity contribution < 1.29 is 0 Å². The van der Waals surface area contributed by atoms with Crippen LogP contribution in [0.5, 0.6) is 0 Å². The maximum Gasteiger partial charge on any atom is -0.0353 e. The molecule has 1 heteroatoms. The van der Waals surface area contributed by atoms with Crippen molar-refractivity contribution in [3.8, 4) is 0 Å². The third-order valence-electron chi connectivity index (χ3n) is 1.38. The van der Waals surface area contributed by atoms with Gasteiger partial charge in [-0.2, -0.15) is 0 Å². The summed E-state index contributed by atoms with van der Waals surface area (Å²) in [6.45, 7) is 4.54. The molecule has 0 rings (SSSR count). The SMILES string of the molecule is CCCCCPCCC. The van der Waals surface area contributed by atoms with Crippen LogP contribution in [0.15, 0.2) is 0 Å². The van der Waals surface area contributed by atoms with Gasteiger partial charge in [0.1, 0.15) is 0 Å². The first kappa shape index (κ1) is 9.43. The smallest absolute Gasteiger partial charge is 0.0353 e. The van der Waals surface area contributed by atoms with E-state index in [1.165, 1.54) is 46.6 Å². The Morgan fingerprint density at radius 2 is 1.67 bits per heavy atom. The lowest BCUT2D eigenvalue weighted by Crippen LogP contribution is -1.78. The molecule has 1 unspecified atom stereocenters. The van der Waals surface area contributed by atoms with Crippen LogP contribution >= 0.6 is 8.58 Å². The number of hydrogen-bond donors (Lipinski definition) is 0. The molecule has 0 aromatic rings. The molecule has 0 bridgehead atoms. The van der Waals surface area contributed by atoms with Crippen molar-refractivity contribution in [2.45, 2.75) is 39.5 Å². The molecule has 0 aliphatic rings. The predicted octanol–water partition coefficient (Wildman–Crippen LogP) is 3.27. The minimum atomic E-state index is 1.24. The zero-order chi connectivity index (χ0) is 6.95. The van der Waals surface area contributed by atoms with Gasteiger partial charge in [-0.05, 0) is 18.7 Å². The summed E-state index contributed by atoms with van der Waals surface area (Å²) in [5, 5.41) is 0. The highest BCUT2D eigenvalue weighted by molar-refractivity contribution is 7.37. The molecule has 0 fully saturated rings. The van der Waals surface area contributed by atoms with Gasteiger partial charge in [0.25, 0.3) is 0 Å². The summed E-state index contributed by atoms with van der Waals surface area (Å²) in [5.74, 6) is 0. The number of unbranched alkanes of at least 4 members (excludes halogenated alkanes) is 2. The van der Waals surface area contributed by atoms with Gasteiger partial charge in [0.2, 0.25) is 0 Å². The quantitative estimate of drug-likeness (QED) is 0.398. The summed E-state index contributed by atoms with van der Waals surface area (Å²) in [4.78, 5) is 0. The van der Waals surface area contributed by atoms with E-state index in [-0.39, 0.29) is 0 Å². The molecule has 0 aliphatic carbocycles. The van der Waals surface area contributed by atoms with E-state index < -0.39 is 0 Å². The summed E-state index contributed by atoms with van der Waals surface area (Å²) >= 11 is 0. The molecule has 0 aromatic heterocycles. The Morgan fingerprint density at radius 1 is 0.889 bits per heavy atom. The highest BCUT2D eigenvalue weighted by Crippen LogP contribution is 2.13. The molecule has 56 valence electrons. The maximum atomic E-state index is 2.27. The molecule has 0 aliphatic heterocycles. The fraction of sp³-hybridized carbons (Fsp3) is 1.00. The number of hydrogen-bond acceptors (Lipinski definition) is 0. The van der Waals surface area contributed by atoms with Gasteiger partial charge in [-0.15, -0.1) is 8.58 Å². The van der Waals surface area contributed by atoms with Crippen LogP contribution in [0.2, 0.25) is 0 Å². The summed E-state index contributed by atoms with van der Waals surface area (Å²) in [5.41, 5.74) is 0. The Hall–Kier alpha value is 0.430. The van der Waals surface area contributed by atoms with Crippen LogP contribution in [0.25, 0.3) is 0 Å². The fourth-order valence-electron chi connectivity index (χ4n) is 0.802. The summed E-state index contributed by atoms with van der Waals surface area (Å²) in [7, 11) is 1.24. The Kier molecular flexibility index (Phi) is 8.83. The third kappa shape index (κ3) is 8.43. The Labute approximate surface area is 61.2 Å². The molecule has 0 spiro atoms. The Balaban J connectivity index is 2.60. The molecule has 0 saturated carbocycles. The second-order valence-electron chi connectivity index (χ2n) is 2.46. The molecule has 0 aromatic carbocycles. The fourth-order valence-corrected chi connectivity index (χ4v) is 1.91. The van der Waals surface area contributed by atoms with E-state index >= 15 is 0 Å². The van der Waals surface area contributed by atoms with E-state index in [1.54, 1.807) is 0 Å². The zero-order valence-electron chi connectivity index (χ0n) is 6.74. The molecule has 0 saturated heterocycles. The summed E-state index contributed by atoms with van der Waals surface area (Å²) < 4.78 is 0. The van der Waals surface area contributed by atoms with Gasteiger partial charge in [0.15, 0.2) is 0 Å². The normalized spacial score (nSPS) is 11.3. The average molecular weight is 146 g/mol. The minimum absolute atomic E-state index is 1.24. The lowest BCUT2D eigenvalue weighted by atomic mass is 10.3. The van der Waals surface area contributed by atoms with Crippen LogP contribution in [0.1, 0.15) is 39.5 Å². The molecule has 1 atom stereocenters. The topological polar surface area (TPSA) is 0 Å². The van der Waals surface area contributed by atoms with Gasteiger partial charge >= 0.3 is 0 Å².